The summed E-state index contributed by atoms with van der Waals surface area (Å²) >= 11 is 9.21. The maximum Gasteiger partial charge on any atom is 0.452 e. The lowest BCUT2D eigenvalue weighted by molar-refractivity contribution is 0.255. The molecule has 1 N–H and O–H groups in total. The molecule has 0 radical (unpaired) electrons. The van der Waals surface area contributed by atoms with Crippen LogP contribution in [-0.2, 0) is 25.4 Å². The minimum atomic E-state index is -3.99. The summed E-state index contributed by atoms with van der Waals surface area (Å²) in [7, 11) is -3.99. The second-order valence-electron chi connectivity index (χ2n) is 6.77. The molecule has 10 heteroatoms. The molecule has 0 unspecified atom stereocenters. The Morgan fingerprint density at radius 3 is 1.82 bits per heavy atom. The highest BCUT2D eigenvalue weighted by Gasteiger charge is 2.44. The highest BCUT2D eigenvalue weighted by atomic mass is 79.9. The van der Waals surface area contributed by atoms with Gasteiger partial charge in [-0.15, -0.1) is 0 Å². The van der Waals surface area contributed by atoms with E-state index in [0.717, 1.165) is 4.47 Å². The Morgan fingerprint density at radius 2 is 1.36 bits per heavy atom. The van der Waals surface area contributed by atoms with Crippen molar-refractivity contribution >= 4 is 42.0 Å². The zero-order chi connectivity index (χ0) is 23.7. The number of hydrogen-bond donors (Lipinski definition) is 1. The van der Waals surface area contributed by atoms with Crippen LogP contribution in [0.4, 0.5) is 0 Å². The van der Waals surface area contributed by atoms with Crippen LogP contribution < -0.4 is 14.1 Å². The molecule has 0 spiro atoms. The van der Waals surface area contributed by atoms with Crippen LogP contribution in [0.5, 0.6) is 11.5 Å². The predicted molar refractivity (Wildman–Crippen MR) is 139 cm³/mol. The van der Waals surface area contributed by atoms with Gasteiger partial charge in [0.2, 0.25) is 0 Å². The number of rotatable bonds is 12. The van der Waals surface area contributed by atoms with Crippen molar-refractivity contribution in [2.24, 2.45) is 0 Å². The Balaban J connectivity index is 2.13. The minimum Gasteiger partial charge on any atom is -0.415 e. The van der Waals surface area contributed by atoms with E-state index >= 15 is 0 Å². The lowest BCUT2D eigenvalue weighted by Gasteiger charge is -2.32. The molecule has 0 bridgehead atoms. The number of halogens is 1. The van der Waals surface area contributed by atoms with E-state index in [1.807, 2.05) is 50.2 Å². The molecule has 0 amide bonds. The van der Waals surface area contributed by atoms with Crippen LogP contribution in [0.3, 0.4) is 0 Å². The van der Waals surface area contributed by atoms with Crippen LogP contribution in [0.15, 0.2) is 89.4 Å². The van der Waals surface area contributed by atoms with Crippen molar-refractivity contribution in [1.29, 1.82) is 0 Å². The van der Waals surface area contributed by atoms with Crippen LogP contribution in [0.25, 0.3) is 0 Å². The molecule has 3 aromatic carbocycles. The maximum atomic E-state index is 14.6. The Bertz CT molecular complexity index is 1060. The lowest BCUT2D eigenvalue weighted by Crippen LogP contribution is -2.25. The highest BCUT2D eigenvalue weighted by molar-refractivity contribution is 9.10. The Hall–Kier alpha value is -1.50. The van der Waals surface area contributed by atoms with Crippen LogP contribution >= 0.6 is 30.2 Å². The number of hydrogen-bond acceptors (Lipinski definition) is 6. The van der Waals surface area contributed by atoms with E-state index in [1.54, 1.807) is 48.5 Å². The Kier molecular flexibility index (Phi) is 9.71. The van der Waals surface area contributed by atoms with E-state index in [0.29, 0.717) is 30.3 Å². The summed E-state index contributed by atoms with van der Waals surface area (Å²) in [6.07, 6.45) is 0. The fraction of sp³-hybridized carbons (Fsp3) is 0.217. The number of benzene rings is 3. The summed E-state index contributed by atoms with van der Waals surface area (Å²) in [6.45, 7) is 1.30. The summed E-state index contributed by atoms with van der Waals surface area (Å²) in [6, 6.07) is 25.2. The maximum absolute atomic E-state index is 14.6. The molecule has 0 aliphatic carbocycles. The van der Waals surface area contributed by atoms with Gasteiger partial charge in [-0.1, -0.05) is 64.5 Å². The van der Waals surface area contributed by atoms with Crippen LogP contribution in [0, 0.1) is 0 Å². The van der Waals surface area contributed by atoms with E-state index in [-0.39, 0.29) is 0 Å². The third-order valence-corrected chi connectivity index (χ3v) is 9.72. The lowest BCUT2D eigenvalue weighted by atomic mass is 10.2. The van der Waals surface area contributed by atoms with Gasteiger partial charge < -0.3 is 18.1 Å². The molecule has 0 aliphatic heterocycles. The molecule has 33 heavy (non-hydrogen) atoms. The Labute approximate surface area is 208 Å². The summed E-state index contributed by atoms with van der Waals surface area (Å²) in [5, 5.41) is 3.20. The van der Waals surface area contributed by atoms with Crippen LogP contribution in [0.2, 0.25) is 0 Å². The van der Waals surface area contributed by atoms with E-state index in [1.165, 1.54) is 0 Å². The Morgan fingerprint density at radius 1 is 0.848 bits per heavy atom. The van der Waals surface area contributed by atoms with E-state index < -0.39 is 20.0 Å². The molecule has 0 aromatic heterocycles. The number of para-hydroxylation sites is 2. The normalized spacial score (nSPS) is 12.8. The fourth-order valence-corrected chi connectivity index (χ4v) is 8.57. The molecule has 0 saturated carbocycles. The molecule has 0 heterocycles. The van der Waals surface area contributed by atoms with Gasteiger partial charge in [-0.05, 0) is 67.6 Å². The second kappa shape index (κ2) is 12.3. The van der Waals surface area contributed by atoms with E-state index in [4.69, 9.17) is 29.9 Å². The van der Waals surface area contributed by atoms with Gasteiger partial charge in [0, 0.05) is 4.47 Å². The van der Waals surface area contributed by atoms with Crippen LogP contribution in [-0.4, -0.2) is 13.2 Å². The molecule has 0 aliphatic rings. The van der Waals surface area contributed by atoms with Gasteiger partial charge in [0.1, 0.15) is 11.5 Å². The quantitative estimate of drug-likeness (QED) is 0.224. The third kappa shape index (κ3) is 7.49. The summed E-state index contributed by atoms with van der Waals surface area (Å²) in [4.78, 5) is 0. The molecule has 6 nitrogen and oxygen atoms in total. The summed E-state index contributed by atoms with van der Waals surface area (Å²) < 4.78 is 39.1. The molecule has 0 fully saturated rings. The second-order valence-corrected chi connectivity index (χ2v) is 12.9. The van der Waals surface area contributed by atoms with Gasteiger partial charge in [-0.3, -0.25) is 0 Å². The van der Waals surface area contributed by atoms with E-state index in [2.05, 4.69) is 21.0 Å². The SMILES string of the molecule is CCOP(=S)(N[C@@H](c1cccc(Br)c1)P(=O)(Oc1ccccc1)Oc1ccccc1)OCC. The van der Waals surface area contributed by atoms with Crippen molar-refractivity contribution in [3.8, 4) is 11.5 Å². The monoisotopic (exact) mass is 569 g/mol. The first-order valence-corrected chi connectivity index (χ1v) is 15.4. The van der Waals surface area contributed by atoms with Gasteiger partial charge in [0.05, 0.1) is 13.2 Å². The average Bonchev–Trinajstić information content (AvgIpc) is 2.79. The molecular formula is C23H26BrNO5P2S. The van der Waals surface area contributed by atoms with Crippen molar-refractivity contribution in [1.82, 2.24) is 5.09 Å². The fourth-order valence-electron chi connectivity index (χ4n) is 2.99. The van der Waals surface area contributed by atoms with Gasteiger partial charge in [0.25, 0.3) is 6.64 Å². The first-order valence-electron chi connectivity index (χ1n) is 10.4. The average molecular weight is 570 g/mol. The van der Waals surface area contributed by atoms with Gasteiger partial charge >= 0.3 is 7.60 Å². The highest BCUT2D eigenvalue weighted by Crippen LogP contribution is 2.63. The number of nitrogens with one attached hydrogen (secondary N) is 1. The van der Waals surface area contributed by atoms with Gasteiger partial charge in [-0.2, -0.15) is 0 Å². The van der Waals surface area contributed by atoms with Gasteiger partial charge in [-0.25, -0.2) is 9.65 Å². The largest absolute Gasteiger partial charge is 0.452 e. The first-order chi connectivity index (χ1) is 15.9. The van der Waals surface area contributed by atoms with Gasteiger partial charge in [0.15, 0.2) is 5.78 Å². The predicted octanol–water partition coefficient (Wildman–Crippen LogP) is 7.69. The molecule has 3 rings (SSSR count). The van der Waals surface area contributed by atoms with Crippen LogP contribution in [0.1, 0.15) is 25.2 Å². The van der Waals surface area contributed by atoms with Crippen molar-refractivity contribution in [2.75, 3.05) is 13.2 Å². The summed E-state index contributed by atoms with van der Waals surface area (Å²) in [5.74, 6) is -0.168. The third-order valence-electron chi connectivity index (χ3n) is 4.31. The van der Waals surface area contributed by atoms with Crippen molar-refractivity contribution in [3.05, 3.63) is 95.0 Å². The smallest absolute Gasteiger partial charge is 0.415 e. The molecule has 0 saturated heterocycles. The standard InChI is InChI=1S/C23H26BrNO5P2S/c1-3-27-32(33,28-4-2)25-23(19-12-11-13-20(24)18-19)31(26,29-21-14-7-5-8-15-21)30-22-16-9-6-10-17-22/h5-18,23H,3-4H2,1-2H3,(H,25,33)/t23-/m1/s1. The topological polar surface area (TPSA) is 66.0 Å². The molecule has 1 atom stereocenters. The zero-order valence-corrected chi connectivity index (χ0v) is 22.5. The molecule has 3 aromatic rings. The zero-order valence-electron chi connectivity index (χ0n) is 18.3. The van der Waals surface area contributed by atoms with Crippen molar-refractivity contribution in [2.45, 2.75) is 19.6 Å². The van der Waals surface area contributed by atoms with Crippen molar-refractivity contribution < 1.29 is 22.7 Å². The summed E-state index contributed by atoms with van der Waals surface area (Å²) in [5.41, 5.74) is 0.646. The van der Waals surface area contributed by atoms with Crippen molar-refractivity contribution in [3.63, 3.8) is 0 Å². The molecule has 176 valence electrons. The van der Waals surface area contributed by atoms with E-state index in [9.17, 15) is 4.57 Å². The molecular weight excluding hydrogens is 544 g/mol. The first kappa shape index (κ1) is 26.1. The minimum absolute atomic E-state index is 0.332.